The van der Waals surface area contributed by atoms with Crippen LogP contribution >= 0.6 is 0 Å². The lowest BCUT2D eigenvalue weighted by Crippen LogP contribution is -2.42. The van der Waals surface area contributed by atoms with Gasteiger partial charge in [-0.3, -0.25) is 15.0 Å². The number of carbonyl (C=O) groups excluding carboxylic acids is 1. The first kappa shape index (κ1) is 16.3. The van der Waals surface area contributed by atoms with E-state index in [-0.39, 0.29) is 34.8 Å². The van der Waals surface area contributed by atoms with Crippen molar-refractivity contribution in [3.05, 3.63) is 45.7 Å². The van der Waals surface area contributed by atoms with Crippen LogP contribution < -0.4 is 21.1 Å². The molecule has 1 aromatic carbocycles. The Labute approximate surface area is 151 Å². The number of rotatable bonds is 2. The summed E-state index contributed by atoms with van der Waals surface area (Å²) in [5.74, 6) is 0.209. The maximum absolute atomic E-state index is 13.0. The number of ether oxygens (including phenoxy) is 1. The molecule has 1 aliphatic heterocycles. The Hall–Kier alpha value is -4.15. The minimum absolute atomic E-state index is 0.00753. The van der Waals surface area contributed by atoms with Gasteiger partial charge in [0.2, 0.25) is 5.95 Å². The number of anilines is 1. The molecule has 0 radical (unpaired) electrons. The number of nitrogens with one attached hydrogen (secondary N) is 2. The molecule has 0 bridgehead atoms. The van der Waals surface area contributed by atoms with Gasteiger partial charge in [-0.2, -0.15) is 24.7 Å². The summed E-state index contributed by atoms with van der Waals surface area (Å²) in [4.78, 5) is 29.4. The first-order valence-electron chi connectivity index (χ1n) is 7.79. The molecule has 1 aliphatic rings. The second-order valence-corrected chi connectivity index (χ2v) is 5.64. The van der Waals surface area contributed by atoms with Crippen LogP contribution in [0.2, 0.25) is 0 Å². The molecule has 0 aliphatic carbocycles. The predicted octanol–water partition coefficient (Wildman–Crippen LogP) is 0.485. The molecule has 132 valence electrons. The zero-order valence-corrected chi connectivity index (χ0v) is 14.0. The smallest absolute Gasteiger partial charge is 0.290 e. The van der Waals surface area contributed by atoms with E-state index in [1.54, 1.807) is 24.3 Å². The zero-order valence-electron chi connectivity index (χ0n) is 14.0. The SMILES string of the molecule is COc1ccc(-c2c(C#N)c(=O)n3c(nc4n3C(=O)CNN4)c2C#N)cc1. The fourth-order valence-electron chi connectivity index (χ4n) is 3.02. The normalized spacial score (nSPS) is 12.8. The highest BCUT2D eigenvalue weighted by molar-refractivity contribution is 5.88. The highest BCUT2D eigenvalue weighted by atomic mass is 16.5. The number of fused-ring (bicyclic) bond motifs is 3. The lowest BCUT2D eigenvalue weighted by molar-refractivity contribution is 0.0885. The van der Waals surface area contributed by atoms with E-state index in [4.69, 9.17) is 4.74 Å². The first-order chi connectivity index (χ1) is 13.1. The Bertz CT molecular complexity index is 1240. The van der Waals surface area contributed by atoms with Gasteiger partial charge in [0.1, 0.15) is 29.0 Å². The molecule has 27 heavy (non-hydrogen) atoms. The van der Waals surface area contributed by atoms with E-state index in [0.717, 1.165) is 9.20 Å². The molecule has 0 saturated heterocycles. The van der Waals surface area contributed by atoms with Gasteiger partial charge in [0.25, 0.3) is 11.5 Å². The molecule has 3 aromatic rings. The zero-order chi connectivity index (χ0) is 19.1. The van der Waals surface area contributed by atoms with Crippen LogP contribution in [0.3, 0.4) is 0 Å². The van der Waals surface area contributed by atoms with Crippen LogP contribution in [-0.2, 0) is 0 Å². The van der Waals surface area contributed by atoms with Crippen molar-refractivity contribution in [1.29, 1.82) is 10.5 Å². The highest BCUT2D eigenvalue weighted by Crippen LogP contribution is 2.30. The van der Waals surface area contributed by atoms with Gasteiger partial charge in [-0.25, -0.2) is 5.43 Å². The number of aromatic nitrogens is 3. The third-order valence-electron chi connectivity index (χ3n) is 4.22. The molecule has 2 aromatic heterocycles. The standard InChI is InChI=1S/C17H11N7O3/c1-27-10-4-2-9(3-5-10)14-11(6-18)15-21-17-22-20-8-13(25)23(17)24(15)16(26)12(14)7-19/h2-5,20H,8H2,1H3,(H,21,22). The second kappa shape index (κ2) is 5.98. The van der Waals surface area contributed by atoms with E-state index in [9.17, 15) is 20.1 Å². The van der Waals surface area contributed by atoms with Gasteiger partial charge in [-0.15, -0.1) is 0 Å². The molecule has 0 amide bonds. The van der Waals surface area contributed by atoms with Crippen molar-refractivity contribution < 1.29 is 9.53 Å². The van der Waals surface area contributed by atoms with Gasteiger partial charge >= 0.3 is 0 Å². The molecular formula is C17H11N7O3. The van der Waals surface area contributed by atoms with Crippen LogP contribution in [0, 0.1) is 22.7 Å². The molecule has 0 atom stereocenters. The largest absolute Gasteiger partial charge is 0.497 e. The average Bonchev–Trinajstić information content (AvgIpc) is 3.09. The van der Waals surface area contributed by atoms with Crippen LogP contribution in [-0.4, -0.2) is 33.7 Å². The van der Waals surface area contributed by atoms with Crippen molar-refractivity contribution in [3.63, 3.8) is 0 Å². The summed E-state index contributed by atoms with van der Waals surface area (Å²) in [5, 5.41) is 19.4. The van der Waals surface area contributed by atoms with Crippen molar-refractivity contribution >= 4 is 17.5 Å². The minimum atomic E-state index is -0.729. The summed E-state index contributed by atoms with van der Waals surface area (Å²) in [6.07, 6.45) is 0. The van der Waals surface area contributed by atoms with E-state index in [0.29, 0.717) is 11.3 Å². The van der Waals surface area contributed by atoms with Gasteiger partial charge in [0.15, 0.2) is 5.65 Å². The molecule has 0 saturated carbocycles. The van der Waals surface area contributed by atoms with Crippen molar-refractivity contribution in [3.8, 4) is 29.0 Å². The first-order valence-corrected chi connectivity index (χ1v) is 7.79. The van der Waals surface area contributed by atoms with Crippen LogP contribution in [0.5, 0.6) is 5.75 Å². The summed E-state index contributed by atoms with van der Waals surface area (Å²) in [5.41, 5.74) is 5.02. The third-order valence-corrected chi connectivity index (χ3v) is 4.22. The van der Waals surface area contributed by atoms with Gasteiger partial charge in [0.05, 0.1) is 13.7 Å². The monoisotopic (exact) mass is 361 g/mol. The van der Waals surface area contributed by atoms with Crippen LogP contribution in [0.25, 0.3) is 16.8 Å². The van der Waals surface area contributed by atoms with Crippen molar-refractivity contribution in [1.82, 2.24) is 19.6 Å². The number of hydrazine groups is 1. The number of carbonyl (C=O) groups is 1. The van der Waals surface area contributed by atoms with Gasteiger partial charge < -0.3 is 4.74 Å². The Morgan fingerprint density at radius 2 is 1.85 bits per heavy atom. The summed E-state index contributed by atoms with van der Waals surface area (Å²) in [7, 11) is 1.52. The lowest BCUT2D eigenvalue weighted by atomic mass is 9.97. The van der Waals surface area contributed by atoms with Gasteiger partial charge in [-0.05, 0) is 17.7 Å². The van der Waals surface area contributed by atoms with E-state index in [2.05, 4.69) is 15.8 Å². The molecule has 0 fully saturated rings. The number of hydrogen-bond acceptors (Lipinski definition) is 8. The van der Waals surface area contributed by atoms with E-state index < -0.39 is 11.5 Å². The number of pyridine rings is 1. The molecule has 2 N–H and O–H groups in total. The molecule has 10 heteroatoms. The van der Waals surface area contributed by atoms with Crippen molar-refractivity contribution in [2.45, 2.75) is 0 Å². The number of benzene rings is 1. The molecule has 10 nitrogen and oxygen atoms in total. The summed E-state index contributed by atoms with van der Waals surface area (Å²) < 4.78 is 7.09. The Kier molecular flexibility index (Phi) is 3.62. The van der Waals surface area contributed by atoms with Crippen molar-refractivity contribution in [2.75, 3.05) is 19.1 Å². The van der Waals surface area contributed by atoms with E-state index in [1.807, 2.05) is 12.1 Å². The fraction of sp³-hybridized carbons (Fsp3) is 0.118. The Morgan fingerprint density at radius 1 is 1.15 bits per heavy atom. The second-order valence-electron chi connectivity index (χ2n) is 5.64. The van der Waals surface area contributed by atoms with Gasteiger partial charge in [-0.1, -0.05) is 12.1 Å². The predicted molar refractivity (Wildman–Crippen MR) is 93.1 cm³/mol. The van der Waals surface area contributed by atoms with Crippen LogP contribution in [0.15, 0.2) is 29.1 Å². The molecule has 0 spiro atoms. The fourth-order valence-corrected chi connectivity index (χ4v) is 3.02. The molecule has 3 heterocycles. The number of nitrogens with zero attached hydrogens (tertiary/aromatic N) is 5. The Balaban J connectivity index is 2.14. The Morgan fingerprint density at radius 3 is 2.48 bits per heavy atom. The van der Waals surface area contributed by atoms with E-state index >= 15 is 0 Å². The summed E-state index contributed by atoms with van der Waals surface area (Å²) in [6, 6.07) is 10.5. The molecule has 4 rings (SSSR count). The third kappa shape index (κ3) is 2.25. The van der Waals surface area contributed by atoms with E-state index in [1.165, 1.54) is 7.11 Å². The molecule has 0 unspecified atom stereocenters. The minimum Gasteiger partial charge on any atom is -0.497 e. The number of methoxy groups -OCH3 is 1. The average molecular weight is 361 g/mol. The van der Waals surface area contributed by atoms with Crippen LogP contribution in [0.1, 0.15) is 15.9 Å². The van der Waals surface area contributed by atoms with Crippen molar-refractivity contribution in [2.24, 2.45) is 0 Å². The molecular weight excluding hydrogens is 350 g/mol. The quantitative estimate of drug-likeness (QED) is 0.672. The van der Waals surface area contributed by atoms with Gasteiger partial charge in [0, 0.05) is 5.56 Å². The lowest BCUT2D eigenvalue weighted by Gasteiger charge is -2.15. The van der Waals surface area contributed by atoms with Crippen LogP contribution in [0.4, 0.5) is 5.95 Å². The maximum Gasteiger partial charge on any atom is 0.290 e. The number of hydrogen-bond donors (Lipinski definition) is 2. The topological polar surface area (TPSA) is 137 Å². The summed E-state index contributed by atoms with van der Waals surface area (Å²) >= 11 is 0. The highest BCUT2D eigenvalue weighted by Gasteiger charge is 2.28. The number of nitriles is 2. The summed E-state index contributed by atoms with van der Waals surface area (Å²) in [6.45, 7) is -0.0745. The maximum atomic E-state index is 13.0.